The fraction of sp³-hybridized carbons (Fsp3) is 0.200. The van der Waals surface area contributed by atoms with Gasteiger partial charge in [0.05, 0.1) is 24.9 Å². The highest BCUT2D eigenvalue weighted by molar-refractivity contribution is 6.34. The summed E-state index contributed by atoms with van der Waals surface area (Å²) < 4.78 is 10.5. The van der Waals surface area contributed by atoms with Gasteiger partial charge in [-0.25, -0.2) is 0 Å². The maximum absolute atomic E-state index is 6.13. The largest absolute Gasteiger partial charge is 0.495 e. The van der Waals surface area contributed by atoms with E-state index in [4.69, 9.17) is 44.3 Å². The van der Waals surface area contributed by atoms with Crippen LogP contribution >= 0.6 is 34.8 Å². The zero-order valence-electron chi connectivity index (χ0n) is 11.5. The van der Waals surface area contributed by atoms with Crippen LogP contribution in [0.15, 0.2) is 30.3 Å². The normalized spacial score (nSPS) is 10.3. The molecular weight excluding hydrogens is 333 g/mol. The standard InChI is InChI=1S/C15H14Cl3NO2/c1-20-14-7-15(21-2)13(6-12(14)18)19-8-9-3-10(16)5-11(17)4-9/h3-7,19H,8H2,1-2H3. The maximum Gasteiger partial charge on any atom is 0.145 e. The van der Waals surface area contributed by atoms with Gasteiger partial charge in [-0.1, -0.05) is 34.8 Å². The van der Waals surface area contributed by atoms with Crippen molar-refractivity contribution in [2.75, 3.05) is 19.5 Å². The van der Waals surface area contributed by atoms with E-state index in [1.54, 1.807) is 32.4 Å². The summed E-state index contributed by atoms with van der Waals surface area (Å²) in [7, 11) is 3.14. The van der Waals surface area contributed by atoms with E-state index in [-0.39, 0.29) is 0 Å². The zero-order chi connectivity index (χ0) is 15.4. The molecule has 2 rings (SSSR count). The fourth-order valence-corrected chi connectivity index (χ4v) is 2.72. The number of anilines is 1. The lowest BCUT2D eigenvalue weighted by Crippen LogP contribution is -2.02. The number of benzene rings is 2. The van der Waals surface area contributed by atoms with Crippen LogP contribution in [0.5, 0.6) is 11.5 Å². The molecule has 6 heteroatoms. The second-order valence-corrected chi connectivity index (χ2v) is 5.60. The Hall–Kier alpha value is -1.29. The number of rotatable bonds is 5. The van der Waals surface area contributed by atoms with Gasteiger partial charge in [-0.05, 0) is 29.8 Å². The van der Waals surface area contributed by atoms with Crippen LogP contribution in [-0.4, -0.2) is 14.2 Å². The van der Waals surface area contributed by atoms with Crippen LogP contribution in [0.4, 0.5) is 5.69 Å². The Morgan fingerprint density at radius 3 is 2.05 bits per heavy atom. The van der Waals surface area contributed by atoms with Gasteiger partial charge in [0.15, 0.2) is 0 Å². The first kappa shape index (κ1) is 16.1. The van der Waals surface area contributed by atoms with Crippen LogP contribution in [0.25, 0.3) is 0 Å². The van der Waals surface area contributed by atoms with Gasteiger partial charge >= 0.3 is 0 Å². The van der Waals surface area contributed by atoms with E-state index in [9.17, 15) is 0 Å². The molecule has 0 aromatic heterocycles. The van der Waals surface area contributed by atoms with E-state index in [1.165, 1.54) is 0 Å². The highest BCUT2D eigenvalue weighted by Crippen LogP contribution is 2.36. The topological polar surface area (TPSA) is 30.5 Å². The van der Waals surface area contributed by atoms with Gasteiger partial charge in [0.1, 0.15) is 11.5 Å². The molecule has 0 unspecified atom stereocenters. The average molecular weight is 347 g/mol. The molecule has 0 fully saturated rings. The molecule has 2 aromatic rings. The van der Waals surface area contributed by atoms with Crippen molar-refractivity contribution >= 4 is 40.5 Å². The van der Waals surface area contributed by atoms with Gasteiger partial charge in [-0.2, -0.15) is 0 Å². The molecular formula is C15H14Cl3NO2. The molecule has 3 nitrogen and oxygen atoms in total. The average Bonchev–Trinajstić information content (AvgIpc) is 2.44. The van der Waals surface area contributed by atoms with Gasteiger partial charge < -0.3 is 14.8 Å². The third-order valence-corrected chi connectivity index (χ3v) is 3.61. The van der Waals surface area contributed by atoms with Crippen molar-refractivity contribution in [2.45, 2.75) is 6.54 Å². The summed E-state index contributed by atoms with van der Waals surface area (Å²) in [5, 5.41) is 4.94. The minimum absolute atomic E-state index is 0.505. The minimum Gasteiger partial charge on any atom is -0.495 e. The van der Waals surface area contributed by atoms with Gasteiger partial charge in [0.2, 0.25) is 0 Å². The molecule has 0 radical (unpaired) electrons. The van der Waals surface area contributed by atoms with Crippen molar-refractivity contribution in [2.24, 2.45) is 0 Å². The Morgan fingerprint density at radius 2 is 1.48 bits per heavy atom. The lowest BCUT2D eigenvalue weighted by molar-refractivity contribution is 0.395. The van der Waals surface area contributed by atoms with Crippen LogP contribution in [0.3, 0.4) is 0 Å². The lowest BCUT2D eigenvalue weighted by Gasteiger charge is -2.14. The molecule has 0 amide bonds. The maximum atomic E-state index is 6.13. The fourth-order valence-electron chi connectivity index (χ4n) is 1.91. The summed E-state index contributed by atoms with van der Waals surface area (Å²) in [5.41, 5.74) is 1.72. The summed E-state index contributed by atoms with van der Waals surface area (Å²) in [6.07, 6.45) is 0. The van der Waals surface area contributed by atoms with Crippen LogP contribution in [0.1, 0.15) is 5.56 Å². The molecule has 21 heavy (non-hydrogen) atoms. The van der Waals surface area contributed by atoms with E-state index in [2.05, 4.69) is 5.32 Å². The Bertz CT molecular complexity index is 627. The molecule has 0 saturated carbocycles. The van der Waals surface area contributed by atoms with Crippen molar-refractivity contribution < 1.29 is 9.47 Å². The number of halogens is 3. The Balaban J connectivity index is 2.21. The van der Waals surface area contributed by atoms with Gasteiger partial charge in [-0.15, -0.1) is 0 Å². The van der Waals surface area contributed by atoms with E-state index in [0.717, 1.165) is 11.3 Å². The van der Waals surface area contributed by atoms with Crippen LogP contribution in [0.2, 0.25) is 15.1 Å². The molecule has 0 spiro atoms. The molecule has 112 valence electrons. The summed E-state index contributed by atoms with van der Waals surface area (Å²) in [6, 6.07) is 8.87. The molecule has 2 aromatic carbocycles. The molecule has 1 N–H and O–H groups in total. The van der Waals surface area contributed by atoms with Crippen molar-refractivity contribution in [1.82, 2.24) is 0 Å². The second-order valence-electron chi connectivity index (χ2n) is 4.32. The van der Waals surface area contributed by atoms with Crippen LogP contribution in [0, 0.1) is 0 Å². The Morgan fingerprint density at radius 1 is 0.857 bits per heavy atom. The van der Waals surface area contributed by atoms with Crippen molar-refractivity contribution in [3.63, 3.8) is 0 Å². The van der Waals surface area contributed by atoms with Gasteiger partial charge in [-0.3, -0.25) is 0 Å². The second kappa shape index (κ2) is 7.12. The van der Waals surface area contributed by atoms with Crippen molar-refractivity contribution in [1.29, 1.82) is 0 Å². The summed E-state index contributed by atoms with van der Waals surface area (Å²) in [6.45, 7) is 0.541. The summed E-state index contributed by atoms with van der Waals surface area (Å²) in [5.74, 6) is 1.20. The monoisotopic (exact) mass is 345 g/mol. The molecule has 0 aliphatic heterocycles. The van der Waals surface area contributed by atoms with Gasteiger partial charge in [0.25, 0.3) is 0 Å². The third-order valence-electron chi connectivity index (χ3n) is 2.88. The third kappa shape index (κ3) is 4.10. The predicted octanol–water partition coefficient (Wildman–Crippen LogP) is 5.28. The van der Waals surface area contributed by atoms with Crippen molar-refractivity contribution in [3.8, 4) is 11.5 Å². The van der Waals surface area contributed by atoms with Crippen LogP contribution in [-0.2, 0) is 6.54 Å². The Kier molecular flexibility index (Phi) is 5.45. The van der Waals surface area contributed by atoms with Crippen LogP contribution < -0.4 is 14.8 Å². The zero-order valence-corrected chi connectivity index (χ0v) is 13.8. The highest BCUT2D eigenvalue weighted by atomic mass is 35.5. The first-order valence-corrected chi connectivity index (χ1v) is 7.27. The SMILES string of the molecule is COc1cc(OC)c(NCc2cc(Cl)cc(Cl)c2)cc1Cl. The summed E-state index contributed by atoms with van der Waals surface area (Å²) in [4.78, 5) is 0. The first-order valence-electron chi connectivity index (χ1n) is 6.14. The number of hydrogen-bond acceptors (Lipinski definition) is 3. The number of ether oxygens (including phenoxy) is 2. The predicted molar refractivity (Wildman–Crippen MR) is 88.3 cm³/mol. The number of hydrogen-bond donors (Lipinski definition) is 1. The quantitative estimate of drug-likeness (QED) is 0.799. The van der Waals surface area contributed by atoms with E-state index in [1.807, 2.05) is 12.1 Å². The Labute approximate surface area is 138 Å². The number of methoxy groups -OCH3 is 2. The van der Waals surface area contributed by atoms with Crippen molar-refractivity contribution in [3.05, 3.63) is 51.0 Å². The molecule has 0 atom stereocenters. The minimum atomic E-state index is 0.505. The number of nitrogens with one attached hydrogen (secondary N) is 1. The summed E-state index contributed by atoms with van der Waals surface area (Å²) >= 11 is 18.1. The smallest absolute Gasteiger partial charge is 0.145 e. The van der Waals surface area contributed by atoms with E-state index in [0.29, 0.717) is 33.1 Å². The highest BCUT2D eigenvalue weighted by Gasteiger charge is 2.10. The molecule has 0 heterocycles. The molecule has 0 aliphatic rings. The van der Waals surface area contributed by atoms with Gasteiger partial charge in [0, 0.05) is 22.7 Å². The molecule has 0 aliphatic carbocycles. The molecule has 0 saturated heterocycles. The molecule has 0 bridgehead atoms. The van der Waals surface area contributed by atoms with E-state index >= 15 is 0 Å². The first-order chi connectivity index (χ1) is 10.0. The van der Waals surface area contributed by atoms with E-state index < -0.39 is 0 Å². The lowest BCUT2D eigenvalue weighted by atomic mass is 10.2.